The zero-order valence-corrected chi connectivity index (χ0v) is 16.7. The minimum absolute atomic E-state index is 1.06. The molecule has 2 aromatic carbocycles. The Hall–Kier alpha value is -1.64. The lowest BCUT2D eigenvalue weighted by Gasteiger charge is -2.28. The van der Waals surface area contributed by atoms with E-state index in [1.807, 2.05) is 0 Å². The molecule has 2 heteroatoms. The van der Waals surface area contributed by atoms with Crippen molar-refractivity contribution in [1.82, 2.24) is 9.80 Å². The molecular weight excluding hydrogens is 316 g/mol. The van der Waals surface area contributed by atoms with Crippen LogP contribution in [0.15, 0.2) is 60.7 Å². The fourth-order valence-electron chi connectivity index (χ4n) is 3.27. The Balaban J connectivity index is 1.92. The van der Waals surface area contributed by atoms with Gasteiger partial charge in [0.25, 0.3) is 0 Å². The van der Waals surface area contributed by atoms with E-state index in [1.54, 1.807) is 0 Å². The van der Waals surface area contributed by atoms with E-state index in [1.165, 1.54) is 49.9 Å². The van der Waals surface area contributed by atoms with Crippen LogP contribution in [0.2, 0.25) is 0 Å². The van der Waals surface area contributed by atoms with Crippen molar-refractivity contribution < 1.29 is 0 Å². The molecule has 0 saturated heterocycles. The Labute approximate surface area is 160 Å². The molecule has 0 aliphatic rings. The zero-order valence-electron chi connectivity index (χ0n) is 16.7. The van der Waals surface area contributed by atoms with Crippen LogP contribution in [0.4, 0.5) is 0 Å². The van der Waals surface area contributed by atoms with E-state index in [0.29, 0.717) is 0 Å². The number of nitrogens with zero attached hydrogens (tertiary/aromatic N) is 2. The molecule has 0 unspecified atom stereocenters. The standard InChI is InChI=1S/C24H36N2/c1-3-5-17-25(21-23-13-9-7-10-14-23)19-20-26(18-6-4-2)22-24-15-11-8-12-16-24/h7-16H,3-6,17-22H2,1-2H3. The van der Waals surface area contributed by atoms with Crippen molar-refractivity contribution in [2.45, 2.75) is 52.6 Å². The van der Waals surface area contributed by atoms with Crippen LogP contribution < -0.4 is 0 Å². The van der Waals surface area contributed by atoms with Gasteiger partial charge in [0.1, 0.15) is 0 Å². The Morgan fingerprint density at radius 3 is 1.27 bits per heavy atom. The molecule has 0 fully saturated rings. The van der Waals surface area contributed by atoms with Gasteiger partial charge in [0, 0.05) is 26.2 Å². The van der Waals surface area contributed by atoms with Gasteiger partial charge >= 0.3 is 0 Å². The number of unbranched alkanes of at least 4 members (excludes halogenated alkanes) is 2. The number of rotatable bonds is 13. The van der Waals surface area contributed by atoms with Crippen LogP contribution in [0.1, 0.15) is 50.7 Å². The van der Waals surface area contributed by atoms with Gasteiger partial charge in [-0.15, -0.1) is 0 Å². The fraction of sp³-hybridized carbons (Fsp3) is 0.500. The number of hydrogen-bond acceptors (Lipinski definition) is 2. The average Bonchev–Trinajstić information content (AvgIpc) is 2.69. The molecule has 0 aliphatic heterocycles. The van der Waals surface area contributed by atoms with Gasteiger partial charge < -0.3 is 0 Å². The second kappa shape index (κ2) is 12.7. The van der Waals surface area contributed by atoms with Gasteiger partial charge in [0.05, 0.1) is 0 Å². The third-order valence-corrected chi connectivity index (χ3v) is 4.89. The highest BCUT2D eigenvalue weighted by molar-refractivity contribution is 5.15. The molecule has 0 aromatic heterocycles. The summed E-state index contributed by atoms with van der Waals surface area (Å²) in [5.74, 6) is 0. The summed E-state index contributed by atoms with van der Waals surface area (Å²) in [6, 6.07) is 21.8. The first-order valence-electron chi connectivity index (χ1n) is 10.3. The van der Waals surface area contributed by atoms with Gasteiger partial charge in [-0.3, -0.25) is 9.80 Å². The SMILES string of the molecule is CCCCN(CCN(CCCC)Cc1ccccc1)Cc1ccccc1. The van der Waals surface area contributed by atoms with E-state index in [9.17, 15) is 0 Å². The molecule has 0 amide bonds. The number of hydrogen-bond donors (Lipinski definition) is 0. The van der Waals surface area contributed by atoms with Crippen molar-refractivity contribution in [3.8, 4) is 0 Å². The van der Waals surface area contributed by atoms with Gasteiger partial charge in [-0.05, 0) is 37.1 Å². The zero-order chi connectivity index (χ0) is 18.5. The molecule has 142 valence electrons. The van der Waals surface area contributed by atoms with Crippen LogP contribution in [-0.4, -0.2) is 36.0 Å². The molecule has 0 saturated carbocycles. The predicted molar refractivity (Wildman–Crippen MR) is 113 cm³/mol. The summed E-state index contributed by atoms with van der Waals surface area (Å²) in [7, 11) is 0. The van der Waals surface area contributed by atoms with E-state index < -0.39 is 0 Å². The minimum Gasteiger partial charge on any atom is -0.298 e. The normalized spacial score (nSPS) is 11.4. The summed E-state index contributed by atoms with van der Waals surface area (Å²) >= 11 is 0. The van der Waals surface area contributed by atoms with E-state index >= 15 is 0 Å². The molecular formula is C24H36N2. The number of benzene rings is 2. The first kappa shape index (κ1) is 20.7. The van der Waals surface area contributed by atoms with Gasteiger partial charge in [0.2, 0.25) is 0 Å². The monoisotopic (exact) mass is 352 g/mol. The molecule has 0 N–H and O–H groups in total. The van der Waals surface area contributed by atoms with E-state index in [-0.39, 0.29) is 0 Å². The van der Waals surface area contributed by atoms with E-state index in [4.69, 9.17) is 0 Å². The lowest BCUT2D eigenvalue weighted by Crippen LogP contribution is -2.35. The fourth-order valence-corrected chi connectivity index (χ4v) is 3.27. The maximum atomic E-state index is 2.63. The summed E-state index contributed by atoms with van der Waals surface area (Å²) in [4.78, 5) is 5.26. The van der Waals surface area contributed by atoms with Crippen molar-refractivity contribution in [3.63, 3.8) is 0 Å². The van der Waals surface area contributed by atoms with Crippen molar-refractivity contribution in [2.24, 2.45) is 0 Å². The summed E-state index contributed by atoms with van der Waals surface area (Å²) in [6.45, 7) is 11.4. The van der Waals surface area contributed by atoms with Crippen molar-refractivity contribution in [2.75, 3.05) is 26.2 Å². The highest BCUT2D eigenvalue weighted by Crippen LogP contribution is 2.09. The van der Waals surface area contributed by atoms with Crippen LogP contribution in [0.25, 0.3) is 0 Å². The third kappa shape index (κ3) is 8.16. The smallest absolute Gasteiger partial charge is 0.0234 e. The van der Waals surface area contributed by atoms with Crippen LogP contribution in [0, 0.1) is 0 Å². The first-order valence-corrected chi connectivity index (χ1v) is 10.3. The summed E-state index contributed by atoms with van der Waals surface area (Å²) in [6.07, 6.45) is 5.07. The van der Waals surface area contributed by atoms with Crippen molar-refractivity contribution in [1.29, 1.82) is 0 Å². The molecule has 0 spiro atoms. The average molecular weight is 353 g/mol. The Morgan fingerprint density at radius 2 is 0.923 bits per heavy atom. The van der Waals surface area contributed by atoms with Gasteiger partial charge in [-0.2, -0.15) is 0 Å². The molecule has 0 atom stereocenters. The molecule has 0 bridgehead atoms. The van der Waals surface area contributed by atoms with Gasteiger partial charge in [-0.1, -0.05) is 87.4 Å². The molecule has 2 aromatic rings. The maximum absolute atomic E-state index is 2.63. The highest BCUT2D eigenvalue weighted by Gasteiger charge is 2.10. The van der Waals surface area contributed by atoms with Crippen LogP contribution in [0.3, 0.4) is 0 Å². The van der Waals surface area contributed by atoms with Crippen molar-refractivity contribution in [3.05, 3.63) is 71.8 Å². The predicted octanol–water partition coefficient (Wildman–Crippen LogP) is 5.59. The van der Waals surface area contributed by atoms with Crippen LogP contribution in [0.5, 0.6) is 0 Å². The Bertz CT molecular complexity index is 514. The summed E-state index contributed by atoms with van der Waals surface area (Å²) in [5, 5.41) is 0. The lowest BCUT2D eigenvalue weighted by atomic mass is 10.2. The second-order valence-corrected chi connectivity index (χ2v) is 7.23. The van der Waals surface area contributed by atoms with E-state index in [2.05, 4.69) is 84.3 Å². The van der Waals surface area contributed by atoms with Gasteiger partial charge in [-0.25, -0.2) is 0 Å². The van der Waals surface area contributed by atoms with Crippen LogP contribution >= 0.6 is 0 Å². The summed E-state index contributed by atoms with van der Waals surface area (Å²) in [5.41, 5.74) is 2.85. The Morgan fingerprint density at radius 1 is 0.538 bits per heavy atom. The quantitative estimate of drug-likeness (QED) is 0.463. The second-order valence-electron chi connectivity index (χ2n) is 7.23. The van der Waals surface area contributed by atoms with Crippen molar-refractivity contribution >= 4 is 0 Å². The molecule has 26 heavy (non-hydrogen) atoms. The maximum Gasteiger partial charge on any atom is 0.0234 e. The Kier molecular flexibility index (Phi) is 10.1. The third-order valence-electron chi connectivity index (χ3n) is 4.89. The topological polar surface area (TPSA) is 6.48 Å². The molecule has 0 aliphatic carbocycles. The molecule has 0 radical (unpaired) electrons. The van der Waals surface area contributed by atoms with E-state index in [0.717, 1.165) is 26.2 Å². The lowest BCUT2D eigenvalue weighted by molar-refractivity contribution is 0.189. The molecule has 2 rings (SSSR count). The minimum atomic E-state index is 1.06. The van der Waals surface area contributed by atoms with Gasteiger partial charge in [0.15, 0.2) is 0 Å². The molecule has 0 heterocycles. The van der Waals surface area contributed by atoms with Crippen LogP contribution in [-0.2, 0) is 13.1 Å². The molecule has 2 nitrogen and oxygen atoms in total. The first-order chi connectivity index (χ1) is 12.8. The summed E-state index contributed by atoms with van der Waals surface area (Å²) < 4.78 is 0. The largest absolute Gasteiger partial charge is 0.298 e. The highest BCUT2D eigenvalue weighted by atomic mass is 15.2.